The van der Waals surface area contributed by atoms with Crippen LogP contribution in [-0.4, -0.2) is 35.0 Å². The summed E-state index contributed by atoms with van der Waals surface area (Å²) >= 11 is 0. The van der Waals surface area contributed by atoms with Crippen molar-refractivity contribution in [1.29, 1.82) is 0 Å². The maximum atomic E-state index is 12.1. The number of rotatable bonds is 3. The molecule has 3 rings (SSSR count). The molecule has 4 nitrogen and oxygen atoms in total. The number of nitrogens with zero attached hydrogens (tertiary/aromatic N) is 1. The van der Waals surface area contributed by atoms with Gasteiger partial charge in [0.15, 0.2) is 0 Å². The number of carbonyl (C=O) groups excluding carboxylic acids is 2. The first kappa shape index (κ1) is 10.0. The number of imide groups is 1. The number of carbonyl (C=O) groups is 2. The molecule has 0 spiro atoms. The number of likely N-dealkylation sites (tertiary alicyclic amines) is 1. The number of aliphatic hydroxyl groups excluding tert-OH is 1. The fraction of sp³-hybridized carbons (Fsp3) is 0.667. The highest BCUT2D eigenvalue weighted by atomic mass is 16.3. The lowest BCUT2D eigenvalue weighted by Crippen LogP contribution is -2.34. The van der Waals surface area contributed by atoms with E-state index >= 15 is 0 Å². The lowest BCUT2D eigenvalue weighted by atomic mass is 9.85. The molecule has 86 valence electrons. The maximum Gasteiger partial charge on any atom is 0.233 e. The Kier molecular flexibility index (Phi) is 2.14. The van der Waals surface area contributed by atoms with Crippen molar-refractivity contribution in [2.24, 2.45) is 23.7 Å². The second-order valence-corrected chi connectivity index (χ2v) is 4.91. The summed E-state index contributed by atoms with van der Waals surface area (Å²) in [5, 5.41) is 8.76. The maximum absolute atomic E-state index is 12.1. The number of hydrogen-bond donors (Lipinski definition) is 1. The first-order chi connectivity index (χ1) is 7.74. The normalized spacial score (nSPS) is 39.9. The number of fused-ring (bicyclic) bond motifs is 5. The molecule has 0 aromatic heterocycles. The first-order valence-corrected chi connectivity index (χ1v) is 5.88. The number of hydrogen-bond acceptors (Lipinski definition) is 3. The Morgan fingerprint density at radius 2 is 1.75 bits per heavy atom. The largest absolute Gasteiger partial charge is 0.396 e. The Balaban J connectivity index is 1.83. The molecule has 16 heavy (non-hydrogen) atoms. The number of aliphatic hydroxyl groups is 1. The molecule has 0 aromatic carbocycles. The molecular weight excluding hydrogens is 206 g/mol. The van der Waals surface area contributed by atoms with Gasteiger partial charge in [0.1, 0.15) is 0 Å². The van der Waals surface area contributed by atoms with Crippen molar-refractivity contribution in [2.75, 3.05) is 13.2 Å². The lowest BCUT2D eigenvalue weighted by Gasteiger charge is -2.16. The van der Waals surface area contributed by atoms with Crippen LogP contribution < -0.4 is 0 Å². The zero-order valence-corrected chi connectivity index (χ0v) is 9.00. The predicted molar refractivity (Wildman–Crippen MR) is 56.1 cm³/mol. The topological polar surface area (TPSA) is 57.6 Å². The summed E-state index contributed by atoms with van der Waals surface area (Å²) in [7, 11) is 0. The van der Waals surface area contributed by atoms with Gasteiger partial charge in [-0.25, -0.2) is 0 Å². The fourth-order valence-electron chi connectivity index (χ4n) is 3.41. The van der Waals surface area contributed by atoms with Crippen molar-refractivity contribution < 1.29 is 14.7 Å². The average molecular weight is 221 g/mol. The van der Waals surface area contributed by atoms with Gasteiger partial charge in [0.2, 0.25) is 11.8 Å². The molecule has 2 aliphatic carbocycles. The molecule has 1 heterocycles. The van der Waals surface area contributed by atoms with Gasteiger partial charge >= 0.3 is 0 Å². The Morgan fingerprint density at radius 1 is 1.19 bits per heavy atom. The third-order valence-corrected chi connectivity index (χ3v) is 4.10. The highest BCUT2D eigenvalue weighted by Gasteiger charge is 2.58. The van der Waals surface area contributed by atoms with Gasteiger partial charge in [-0.15, -0.1) is 0 Å². The lowest BCUT2D eigenvalue weighted by molar-refractivity contribution is -0.140. The Hall–Kier alpha value is -1.16. The summed E-state index contributed by atoms with van der Waals surface area (Å²) in [5.41, 5.74) is 0. The van der Waals surface area contributed by atoms with Gasteiger partial charge in [-0.3, -0.25) is 14.5 Å². The number of allylic oxidation sites excluding steroid dienone is 2. The van der Waals surface area contributed by atoms with E-state index in [9.17, 15) is 9.59 Å². The third-order valence-electron chi connectivity index (χ3n) is 4.10. The zero-order chi connectivity index (χ0) is 11.3. The molecule has 0 radical (unpaired) electrons. The van der Waals surface area contributed by atoms with Crippen LogP contribution in [0.4, 0.5) is 0 Å². The van der Waals surface area contributed by atoms with Crippen LogP contribution in [0, 0.1) is 23.7 Å². The third kappa shape index (κ3) is 1.13. The molecule has 2 fully saturated rings. The summed E-state index contributed by atoms with van der Waals surface area (Å²) in [6, 6.07) is 0. The van der Waals surface area contributed by atoms with Gasteiger partial charge in [0, 0.05) is 13.2 Å². The molecule has 4 heteroatoms. The van der Waals surface area contributed by atoms with E-state index in [0.29, 0.717) is 13.0 Å². The minimum absolute atomic E-state index is 0.0136. The molecule has 0 aromatic rings. The summed E-state index contributed by atoms with van der Waals surface area (Å²) in [6.45, 7) is 0.401. The average Bonchev–Trinajstić information content (AvgIpc) is 2.92. The van der Waals surface area contributed by atoms with Crippen LogP contribution in [-0.2, 0) is 9.59 Å². The first-order valence-electron chi connectivity index (χ1n) is 5.88. The van der Waals surface area contributed by atoms with Gasteiger partial charge in [-0.1, -0.05) is 12.2 Å². The van der Waals surface area contributed by atoms with Crippen LogP contribution in [0.15, 0.2) is 12.2 Å². The quantitative estimate of drug-likeness (QED) is 0.546. The van der Waals surface area contributed by atoms with E-state index < -0.39 is 0 Å². The standard InChI is InChI=1S/C12H15NO3/c14-5-1-4-13-11(15)9-7-2-3-8(6-7)10(9)12(13)16/h2-3,7-10,14H,1,4-6H2/t7-,8+,9-,10-/m1/s1. The molecule has 2 amide bonds. The van der Waals surface area contributed by atoms with E-state index in [2.05, 4.69) is 12.2 Å². The van der Waals surface area contributed by atoms with Crippen molar-refractivity contribution >= 4 is 11.8 Å². The molecule has 1 aliphatic heterocycles. The molecule has 1 saturated carbocycles. The van der Waals surface area contributed by atoms with Crippen LogP contribution in [0.3, 0.4) is 0 Å². The van der Waals surface area contributed by atoms with E-state index in [1.807, 2.05) is 0 Å². The summed E-state index contributed by atoms with van der Waals surface area (Å²) in [5.74, 6) is 0.346. The zero-order valence-electron chi connectivity index (χ0n) is 9.00. The highest BCUT2D eigenvalue weighted by Crippen LogP contribution is 2.52. The SMILES string of the molecule is O=C1[C@H]2[C@H](C(=O)N1CCCO)[C@H]1C=C[C@@H]2C1. The minimum Gasteiger partial charge on any atom is -0.396 e. The molecule has 1 saturated heterocycles. The van der Waals surface area contributed by atoms with Crippen molar-refractivity contribution in [2.45, 2.75) is 12.8 Å². The highest BCUT2D eigenvalue weighted by molar-refractivity contribution is 6.06. The van der Waals surface area contributed by atoms with E-state index in [1.165, 1.54) is 4.90 Å². The van der Waals surface area contributed by atoms with Crippen LogP contribution >= 0.6 is 0 Å². The van der Waals surface area contributed by atoms with Crippen molar-refractivity contribution in [3.8, 4) is 0 Å². The van der Waals surface area contributed by atoms with E-state index in [-0.39, 0.29) is 42.1 Å². The molecule has 3 aliphatic rings. The van der Waals surface area contributed by atoms with Crippen molar-refractivity contribution in [3.05, 3.63) is 12.2 Å². The van der Waals surface area contributed by atoms with Crippen LogP contribution in [0.5, 0.6) is 0 Å². The van der Waals surface area contributed by atoms with Crippen LogP contribution in [0.2, 0.25) is 0 Å². The molecule has 0 unspecified atom stereocenters. The Labute approximate surface area is 93.9 Å². The van der Waals surface area contributed by atoms with Gasteiger partial charge in [-0.05, 0) is 24.7 Å². The van der Waals surface area contributed by atoms with Crippen molar-refractivity contribution in [3.63, 3.8) is 0 Å². The monoisotopic (exact) mass is 221 g/mol. The summed E-state index contributed by atoms with van der Waals surface area (Å²) < 4.78 is 0. The van der Waals surface area contributed by atoms with Gasteiger partial charge in [-0.2, -0.15) is 0 Å². The van der Waals surface area contributed by atoms with Crippen molar-refractivity contribution in [1.82, 2.24) is 4.90 Å². The van der Waals surface area contributed by atoms with E-state index in [1.54, 1.807) is 0 Å². The summed E-state index contributed by atoms with van der Waals surface area (Å²) in [6.07, 6.45) is 5.64. The van der Waals surface area contributed by atoms with Gasteiger partial charge in [0.05, 0.1) is 11.8 Å². The smallest absolute Gasteiger partial charge is 0.233 e. The molecule has 2 bridgehead atoms. The summed E-state index contributed by atoms with van der Waals surface area (Å²) in [4.78, 5) is 25.5. The minimum atomic E-state index is -0.0961. The van der Waals surface area contributed by atoms with Crippen LogP contribution in [0.25, 0.3) is 0 Å². The molecular formula is C12H15NO3. The Bertz CT molecular complexity index is 346. The van der Waals surface area contributed by atoms with Gasteiger partial charge in [0.25, 0.3) is 0 Å². The number of amides is 2. The fourth-order valence-corrected chi connectivity index (χ4v) is 3.41. The molecule has 4 atom stereocenters. The second-order valence-electron chi connectivity index (χ2n) is 4.91. The van der Waals surface area contributed by atoms with E-state index in [0.717, 1.165) is 6.42 Å². The predicted octanol–water partition coefficient (Wildman–Crippen LogP) is 0.176. The van der Waals surface area contributed by atoms with E-state index in [4.69, 9.17) is 5.11 Å². The Morgan fingerprint density at radius 3 is 2.25 bits per heavy atom. The molecule has 1 N–H and O–H groups in total. The second kappa shape index (κ2) is 3.42. The van der Waals surface area contributed by atoms with Gasteiger partial charge < -0.3 is 5.11 Å². The van der Waals surface area contributed by atoms with Crippen LogP contribution in [0.1, 0.15) is 12.8 Å².